The van der Waals surface area contributed by atoms with Crippen molar-refractivity contribution in [1.29, 1.82) is 0 Å². The third-order valence-corrected chi connectivity index (χ3v) is 5.60. The SMILES string of the molecule is O=C(NCC1COc2ccccc2O1)C(=O)NC1CCS(=O)(=O)C1. The number of benzene rings is 1. The van der Waals surface area contributed by atoms with E-state index in [0.717, 1.165) is 0 Å². The van der Waals surface area contributed by atoms with Gasteiger partial charge in [-0.1, -0.05) is 12.1 Å². The molecule has 2 amide bonds. The van der Waals surface area contributed by atoms with Gasteiger partial charge in [0, 0.05) is 6.04 Å². The lowest BCUT2D eigenvalue weighted by atomic mass is 10.2. The molecule has 2 aliphatic rings. The Labute approximate surface area is 139 Å². The first-order valence-corrected chi connectivity index (χ1v) is 9.43. The highest BCUT2D eigenvalue weighted by atomic mass is 32.2. The highest BCUT2D eigenvalue weighted by molar-refractivity contribution is 7.91. The summed E-state index contributed by atoms with van der Waals surface area (Å²) in [4.78, 5) is 23.6. The van der Waals surface area contributed by atoms with Crippen LogP contribution in [0.1, 0.15) is 6.42 Å². The summed E-state index contributed by atoms with van der Waals surface area (Å²) in [6.07, 6.45) is -0.0685. The topological polar surface area (TPSA) is 111 Å². The summed E-state index contributed by atoms with van der Waals surface area (Å²) in [6.45, 7) is 0.378. The van der Waals surface area contributed by atoms with Crippen molar-refractivity contribution in [2.45, 2.75) is 18.6 Å². The fraction of sp³-hybridized carbons (Fsp3) is 0.467. The van der Waals surface area contributed by atoms with Crippen LogP contribution in [0.5, 0.6) is 11.5 Å². The summed E-state index contributed by atoms with van der Waals surface area (Å²) in [7, 11) is -3.11. The summed E-state index contributed by atoms with van der Waals surface area (Å²) in [5.74, 6) is -0.519. The van der Waals surface area contributed by atoms with Gasteiger partial charge >= 0.3 is 11.8 Å². The number of sulfone groups is 1. The molecular formula is C15H18N2O6S. The number of ether oxygens (including phenoxy) is 2. The second kappa shape index (κ2) is 6.68. The van der Waals surface area contributed by atoms with E-state index in [1.54, 1.807) is 12.1 Å². The first-order chi connectivity index (χ1) is 11.4. The van der Waals surface area contributed by atoms with Crippen molar-refractivity contribution >= 4 is 21.7 Å². The van der Waals surface area contributed by atoms with Crippen LogP contribution >= 0.6 is 0 Å². The van der Waals surface area contributed by atoms with Crippen molar-refractivity contribution in [1.82, 2.24) is 10.6 Å². The van der Waals surface area contributed by atoms with Gasteiger partial charge in [0.2, 0.25) is 0 Å². The molecule has 2 aliphatic heterocycles. The van der Waals surface area contributed by atoms with Crippen LogP contribution in [0, 0.1) is 0 Å². The van der Waals surface area contributed by atoms with Crippen molar-refractivity contribution in [2.24, 2.45) is 0 Å². The van der Waals surface area contributed by atoms with E-state index >= 15 is 0 Å². The Morgan fingerprint density at radius 3 is 2.62 bits per heavy atom. The second-order valence-electron chi connectivity index (χ2n) is 5.78. The van der Waals surface area contributed by atoms with Gasteiger partial charge in [-0.3, -0.25) is 9.59 Å². The first kappa shape index (κ1) is 16.6. The lowest BCUT2D eigenvalue weighted by molar-refractivity contribution is -0.139. The minimum atomic E-state index is -3.11. The molecule has 2 unspecified atom stereocenters. The maximum absolute atomic E-state index is 11.8. The normalized spacial score (nSPS) is 24.2. The monoisotopic (exact) mass is 354 g/mol. The Hall–Kier alpha value is -2.29. The molecule has 0 aliphatic carbocycles. The summed E-state index contributed by atoms with van der Waals surface area (Å²) in [5.41, 5.74) is 0. The molecule has 24 heavy (non-hydrogen) atoms. The zero-order valence-corrected chi connectivity index (χ0v) is 13.7. The van der Waals surface area contributed by atoms with Crippen molar-refractivity contribution in [3.8, 4) is 11.5 Å². The molecule has 1 fully saturated rings. The van der Waals surface area contributed by atoms with E-state index in [1.807, 2.05) is 12.1 Å². The highest BCUT2D eigenvalue weighted by Crippen LogP contribution is 2.30. The molecule has 2 heterocycles. The molecule has 1 saturated heterocycles. The van der Waals surface area contributed by atoms with Crippen LogP contribution in [0.15, 0.2) is 24.3 Å². The molecule has 1 aromatic carbocycles. The number of fused-ring (bicyclic) bond motifs is 1. The number of para-hydroxylation sites is 2. The lowest BCUT2D eigenvalue weighted by Gasteiger charge is -2.26. The molecular weight excluding hydrogens is 336 g/mol. The zero-order chi connectivity index (χ0) is 17.2. The van der Waals surface area contributed by atoms with E-state index in [0.29, 0.717) is 17.9 Å². The average Bonchev–Trinajstić information content (AvgIpc) is 2.91. The number of rotatable bonds is 3. The van der Waals surface area contributed by atoms with Crippen LogP contribution in [0.25, 0.3) is 0 Å². The highest BCUT2D eigenvalue weighted by Gasteiger charge is 2.30. The standard InChI is InChI=1S/C15H18N2O6S/c18-14(15(19)17-10-5-6-24(20,21)9-10)16-7-11-8-22-12-3-1-2-4-13(12)23-11/h1-4,10-11H,5-9H2,(H,16,18)(H,17,19). The molecule has 2 atom stereocenters. The van der Waals surface area contributed by atoms with Crippen LogP contribution in [0.3, 0.4) is 0 Å². The predicted octanol–water partition coefficient (Wildman–Crippen LogP) is -0.754. The maximum atomic E-state index is 11.8. The van der Waals surface area contributed by atoms with Crippen molar-refractivity contribution in [3.05, 3.63) is 24.3 Å². The van der Waals surface area contributed by atoms with Crippen molar-refractivity contribution in [3.63, 3.8) is 0 Å². The Kier molecular flexibility index (Phi) is 4.61. The predicted molar refractivity (Wildman–Crippen MR) is 84.6 cm³/mol. The van der Waals surface area contributed by atoms with Crippen molar-refractivity contribution in [2.75, 3.05) is 24.7 Å². The molecule has 0 spiro atoms. The molecule has 0 saturated carbocycles. The number of amides is 2. The average molecular weight is 354 g/mol. The van der Waals surface area contributed by atoms with E-state index in [2.05, 4.69) is 10.6 Å². The summed E-state index contributed by atoms with van der Waals surface area (Å²) >= 11 is 0. The summed E-state index contributed by atoms with van der Waals surface area (Å²) in [6, 6.07) is 6.68. The van der Waals surface area contributed by atoms with Crippen LogP contribution < -0.4 is 20.1 Å². The Bertz CT molecular complexity index is 748. The van der Waals surface area contributed by atoms with Crippen LogP contribution in [0.2, 0.25) is 0 Å². The number of hydrogen-bond acceptors (Lipinski definition) is 6. The van der Waals surface area contributed by atoms with Gasteiger partial charge in [0.1, 0.15) is 12.7 Å². The fourth-order valence-corrected chi connectivity index (χ4v) is 4.28. The van der Waals surface area contributed by atoms with E-state index < -0.39 is 33.8 Å². The number of carbonyl (C=O) groups is 2. The number of hydrogen-bond donors (Lipinski definition) is 2. The number of carbonyl (C=O) groups excluding carboxylic acids is 2. The lowest BCUT2D eigenvalue weighted by Crippen LogP contribution is -2.48. The van der Waals surface area contributed by atoms with E-state index in [4.69, 9.17) is 9.47 Å². The Morgan fingerprint density at radius 2 is 1.92 bits per heavy atom. The van der Waals surface area contributed by atoms with Crippen LogP contribution in [-0.2, 0) is 19.4 Å². The maximum Gasteiger partial charge on any atom is 0.309 e. The minimum absolute atomic E-state index is 0.0340. The quantitative estimate of drug-likeness (QED) is 0.691. The molecule has 0 radical (unpaired) electrons. The van der Waals surface area contributed by atoms with Gasteiger partial charge in [0.05, 0.1) is 18.1 Å². The van der Waals surface area contributed by atoms with Crippen LogP contribution in [-0.4, -0.2) is 57.0 Å². The summed E-state index contributed by atoms with van der Waals surface area (Å²) < 4.78 is 33.9. The summed E-state index contributed by atoms with van der Waals surface area (Å²) in [5, 5.41) is 4.91. The number of nitrogens with one attached hydrogen (secondary N) is 2. The van der Waals surface area contributed by atoms with Crippen molar-refractivity contribution < 1.29 is 27.5 Å². The van der Waals surface area contributed by atoms with Gasteiger partial charge in [-0.25, -0.2) is 8.42 Å². The van der Waals surface area contributed by atoms with Gasteiger partial charge in [-0.2, -0.15) is 0 Å². The van der Waals surface area contributed by atoms with Gasteiger partial charge in [0.25, 0.3) is 0 Å². The smallest absolute Gasteiger partial charge is 0.309 e. The largest absolute Gasteiger partial charge is 0.486 e. The molecule has 9 heteroatoms. The molecule has 2 N–H and O–H groups in total. The van der Waals surface area contributed by atoms with Crippen LogP contribution in [0.4, 0.5) is 0 Å². The molecule has 0 aromatic heterocycles. The van der Waals surface area contributed by atoms with E-state index in [1.165, 1.54) is 0 Å². The fourth-order valence-electron chi connectivity index (χ4n) is 2.61. The molecule has 8 nitrogen and oxygen atoms in total. The van der Waals surface area contributed by atoms with Gasteiger partial charge in [-0.05, 0) is 18.6 Å². The Balaban J connectivity index is 1.45. The minimum Gasteiger partial charge on any atom is -0.486 e. The molecule has 1 aromatic rings. The van der Waals surface area contributed by atoms with E-state index in [-0.39, 0.29) is 24.7 Å². The molecule has 0 bridgehead atoms. The zero-order valence-electron chi connectivity index (χ0n) is 12.9. The third-order valence-electron chi connectivity index (χ3n) is 3.83. The van der Waals surface area contributed by atoms with Gasteiger partial charge in [0.15, 0.2) is 21.3 Å². The molecule has 130 valence electrons. The van der Waals surface area contributed by atoms with Gasteiger partial charge in [-0.15, -0.1) is 0 Å². The Morgan fingerprint density at radius 1 is 1.17 bits per heavy atom. The van der Waals surface area contributed by atoms with E-state index in [9.17, 15) is 18.0 Å². The first-order valence-electron chi connectivity index (χ1n) is 7.60. The third kappa shape index (κ3) is 3.97. The second-order valence-corrected chi connectivity index (χ2v) is 8.01. The molecule has 3 rings (SSSR count). The van der Waals surface area contributed by atoms with Gasteiger partial charge < -0.3 is 20.1 Å².